The van der Waals surface area contributed by atoms with E-state index in [0.717, 1.165) is 104 Å². The second-order valence-electron chi connectivity index (χ2n) is 10.6. The van der Waals surface area contributed by atoms with Crippen LogP contribution in [0.4, 0.5) is 0 Å². The second-order valence-corrected chi connectivity index (χ2v) is 35.8. The Hall–Kier alpha value is 1.50. The van der Waals surface area contributed by atoms with Crippen molar-refractivity contribution in [3.63, 3.8) is 0 Å². The molecule has 0 aromatic heterocycles. The molecule has 2 atom stereocenters. The first-order chi connectivity index (χ1) is 17.2. The molecule has 0 heterocycles. The molecular weight excluding hydrogens is 798 g/mol. The topological polar surface area (TPSA) is 52.6 Å². The summed E-state index contributed by atoms with van der Waals surface area (Å²) in [7, 11) is 0. The van der Waals surface area contributed by atoms with Crippen molar-refractivity contribution < 1.29 is 15.7 Å². The van der Waals surface area contributed by atoms with Gasteiger partial charge in [-0.25, -0.2) is 0 Å². The summed E-state index contributed by atoms with van der Waals surface area (Å²) in [5.41, 5.74) is 0. The molecule has 4 nitrogen and oxygen atoms in total. The maximum absolute atomic E-state index is 13.4. The number of unbranched alkanes of at least 4 members (excludes halogenated alkanes) is 6. The predicted molar refractivity (Wildman–Crippen MR) is 167 cm³/mol. The Morgan fingerprint density at radius 3 is 0.861 bits per heavy atom. The van der Waals surface area contributed by atoms with Gasteiger partial charge in [0.05, 0.1) is 0 Å². The van der Waals surface area contributed by atoms with E-state index in [2.05, 4.69) is 73.4 Å². The first-order valence-corrected chi connectivity index (χ1v) is 31.2. The summed E-state index contributed by atoms with van der Waals surface area (Å²) in [5, 5.41) is 0. The van der Waals surface area contributed by atoms with Crippen LogP contribution < -0.4 is 0 Å². The van der Waals surface area contributed by atoms with Crippen LogP contribution in [0.1, 0.15) is 119 Å². The molecule has 0 saturated carbocycles. The Labute approximate surface area is 249 Å². The van der Waals surface area contributed by atoms with E-state index in [1.165, 1.54) is 0 Å². The molecule has 0 radical (unpaired) electrons. The average molecular weight is 854 g/mol. The molecule has 0 fully saturated rings. The van der Waals surface area contributed by atoms with E-state index < -0.39 is 47.2 Å². The maximum atomic E-state index is 13.4. The Morgan fingerprint density at radius 1 is 0.500 bits per heavy atom. The van der Waals surface area contributed by atoms with Crippen molar-refractivity contribution in [2.75, 3.05) is 0 Å². The van der Waals surface area contributed by atoms with Gasteiger partial charge < -0.3 is 0 Å². The number of carbonyl (C=O) groups excluding carboxylic acids is 2. The molecule has 0 aliphatic rings. The van der Waals surface area contributed by atoms with Crippen molar-refractivity contribution in [3.05, 3.63) is 0 Å². The third-order valence-electron chi connectivity index (χ3n) is 7.26. The van der Waals surface area contributed by atoms with Crippen LogP contribution >= 0.6 is 31.9 Å². The number of hydrogen-bond donors (Lipinski definition) is 0. The quantitative estimate of drug-likeness (QED) is 0.0759. The van der Waals surface area contributed by atoms with Gasteiger partial charge >= 0.3 is 252 Å². The van der Waals surface area contributed by atoms with E-state index in [9.17, 15) is 9.59 Å². The van der Waals surface area contributed by atoms with Gasteiger partial charge in [-0.05, 0) is 0 Å². The fourth-order valence-corrected chi connectivity index (χ4v) is 32.7. The molecular formula is C28H56Br2O4Sn2. The van der Waals surface area contributed by atoms with Gasteiger partial charge in [0.25, 0.3) is 0 Å². The summed E-state index contributed by atoms with van der Waals surface area (Å²) < 4.78 is 19.6. The first-order valence-electron chi connectivity index (χ1n) is 14.9. The van der Waals surface area contributed by atoms with E-state index >= 15 is 0 Å². The molecule has 214 valence electrons. The van der Waals surface area contributed by atoms with Crippen LogP contribution in [0.2, 0.25) is 26.6 Å². The first kappa shape index (κ1) is 37.5. The van der Waals surface area contributed by atoms with Gasteiger partial charge in [0.1, 0.15) is 0 Å². The van der Waals surface area contributed by atoms with Crippen molar-refractivity contribution in [1.29, 1.82) is 0 Å². The van der Waals surface area contributed by atoms with Crippen LogP contribution in [-0.4, -0.2) is 59.2 Å². The normalized spacial score (nSPS) is 13.9. The SMILES string of the molecule is CCC[CH2][Sn]([CH2]CCC)([CH2]CCC)[O]C(=O)[C@@H](Br)[C@@H](Br)C(=O)[O][Sn]([CH2]CCC)([CH2]CCC)[CH2]CCC. The number of carbonyl (C=O) groups is 2. The minimum atomic E-state index is -3.11. The van der Waals surface area contributed by atoms with E-state index in [0.29, 0.717) is 0 Å². The molecule has 0 amide bonds. The van der Waals surface area contributed by atoms with Crippen LogP contribution in [0.25, 0.3) is 0 Å². The van der Waals surface area contributed by atoms with E-state index in [-0.39, 0.29) is 11.9 Å². The van der Waals surface area contributed by atoms with Crippen molar-refractivity contribution in [3.8, 4) is 0 Å². The standard InChI is InChI=1S/C4H4Br2O4.6C4H9.2Sn/c5-1(3(7)8)2(6)4(9)10;6*1-3-4-2;;/h1-2H,(H,7,8)(H,9,10);6*1,3-4H2,2H3;;/q;;;;;;;2*+1/p-2/t1-,2+;;;;;;;;. The molecule has 0 aromatic rings. The average Bonchev–Trinajstić information content (AvgIpc) is 2.89. The Morgan fingerprint density at radius 2 is 0.694 bits per heavy atom. The molecule has 0 saturated heterocycles. The van der Waals surface area contributed by atoms with Gasteiger partial charge in [-0.3, -0.25) is 0 Å². The Balaban J connectivity index is 5.63. The molecule has 0 unspecified atom stereocenters. The summed E-state index contributed by atoms with van der Waals surface area (Å²) in [6, 6.07) is 0. The third kappa shape index (κ3) is 14.8. The summed E-state index contributed by atoms with van der Waals surface area (Å²) in [5.74, 6) is -0.492. The number of hydrogen-bond acceptors (Lipinski definition) is 4. The Bertz CT molecular complexity index is 498. The zero-order valence-corrected chi connectivity index (χ0v) is 33.2. The van der Waals surface area contributed by atoms with Gasteiger partial charge in [-0.15, -0.1) is 0 Å². The summed E-state index contributed by atoms with van der Waals surface area (Å²) >= 11 is 0.916. The van der Waals surface area contributed by atoms with Gasteiger partial charge in [0, 0.05) is 0 Å². The number of rotatable bonds is 23. The zero-order valence-electron chi connectivity index (χ0n) is 24.3. The van der Waals surface area contributed by atoms with Gasteiger partial charge in [-0.1, -0.05) is 0 Å². The molecule has 8 heteroatoms. The van der Waals surface area contributed by atoms with Gasteiger partial charge in [-0.2, -0.15) is 0 Å². The van der Waals surface area contributed by atoms with Crippen LogP contribution in [-0.2, 0) is 15.7 Å². The minimum absolute atomic E-state index is 0.246. The summed E-state index contributed by atoms with van der Waals surface area (Å²) in [6.45, 7) is 13.3. The van der Waals surface area contributed by atoms with Crippen LogP contribution in [0.3, 0.4) is 0 Å². The van der Waals surface area contributed by atoms with Crippen LogP contribution in [0.5, 0.6) is 0 Å². The summed E-state index contributed by atoms with van der Waals surface area (Å²) in [4.78, 5) is 25.5. The molecule has 0 rings (SSSR count). The van der Waals surface area contributed by atoms with E-state index in [1.807, 2.05) is 0 Å². The van der Waals surface area contributed by atoms with Crippen molar-refractivity contribution >= 4 is 81.4 Å². The van der Waals surface area contributed by atoms with Crippen LogP contribution in [0.15, 0.2) is 0 Å². The number of halogens is 2. The molecule has 0 spiro atoms. The summed E-state index contributed by atoms with van der Waals surface area (Å²) in [6.07, 6.45) is 13.6. The van der Waals surface area contributed by atoms with E-state index in [4.69, 9.17) is 6.15 Å². The number of alkyl halides is 2. The molecule has 0 aliphatic carbocycles. The van der Waals surface area contributed by atoms with Crippen molar-refractivity contribution in [2.24, 2.45) is 0 Å². The second kappa shape index (κ2) is 22.2. The monoisotopic (exact) mass is 854 g/mol. The van der Waals surface area contributed by atoms with E-state index in [1.54, 1.807) is 0 Å². The van der Waals surface area contributed by atoms with Gasteiger partial charge in [0.2, 0.25) is 0 Å². The van der Waals surface area contributed by atoms with Gasteiger partial charge in [0.15, 0.2) is 0 Å². The third-order valence-corrected chi connectivity index (χ3v) is 35.1. The fraction of sp³-hybridized carbons (Fsp3) is 0.929. The molecule has 0 aromatic carbocycles. The van der Waals surface area contributed by atoms with Crippen molar-refractivity contribution in [2.45, 2.75) is 155 Å². The predicted octanol–water partition coefficient (Wildman–Crippen LogP) is 10.3. The Kier molecular flexibility index (Phi) is 23.1. The molecule has 0 N–H and O–H groups in total. The molecule has 0 aliphatic heterocycles. The van der Waals surface area contributed by atoms with Crippen molar-refractivity contribution in [1.82, 2.24) is 0 Å². The molecule has 0 bridgehead atoms. The molecule has 36 heavy (non-hydrogen) atoms. The fourth-order valence-electron chi connectivity index (χ4n) is 4.83. The zero-order chi connectivity index (χ0) is 27.5. The van der Waals surface area contributed by atoms with Crippen LogP contribution in [0, 0.1) is 0 Å².